The van der Waals surface area contributed by atoms with Gasteiger partial charge in [0.25, 0.3) is 0 Å². The lowest BCUT2D eigenvalue weighted by Gasteiger charge is -2.34. The summed E-state index contributed by atoms with van der Waals surface area (Å²) in [6.07, 6.45) is 0. The van der Waals surface area contributed by atoms with Gasteiger partial charge in [-0.15, -0.1) is 0 Å². The van der Waals surface area contributed by atoms with Gasteiger partial charge in [-0.05, 0) is 43.4 Å². The summed E-state index contributed by atoms with van der Waals surface area (Å²) in [5.41, 5.74) is 2.35. The number of benzene rings is 2. The lowest BCUT2D eigenvalue weighted by atomic mass is 10.1. The van der Waals surface area contributed by atoms with Crippen LogP contribution in [0, 0.1) is 0 Å². The quantitative estimate of drug-likeness (QED) is 0.693. The monoisotopic (exact) mass is 380 g/mol. The van der Waals surface area contributed by atoms with Gasteiger partial charge in [0.15, 0.2) is 16.9 Å². The maximum absolute atomic E-state index is 12.8. The average Bonchev–Trinajstić information content (AvgIpc) is 2.73. The minimum atomic E-state index is -0.0537. The third-order valence-electron chi connectivity index (χ3n) is 5.25. The fraction of sp³-hybridized carbons (Fsp3) is 0.318. The van der Waals surface area contributed by atoms with Crippen LogP contribution in [0.3, 0.4) is 0 Å². The van der Waals surface area contributed by atoms with Crippen LogP contribution in [0.4, 0.5) is 5.69 Å². The zero-order chi connectivity index (χ0) is 19.7. The summed E-state index contributed by atoms with van der Waals surface area (Å²) >= 11 is 0. The molecular weight excluding hydrogens is 356 g/mol. The van der Waals surface area contributed by atoms with Crippen molar-refractivity contribution in [3.8, 4) is 22.8 Å². The first kappa shape index (κ1) is 18.4. The van der Waals surface area contributed by atoms with Crippen LogP contribution in [-0.2, 0) is 0 Å². The summed E-state index contributed by atoms with van der Waals surface area (Å²) in [5.74, 6) is 1.73. The highest BCUT2D eigenvalue weighted by molar-refractivity contribution is 5.82. The van der Waals surface area contributed by atoms with Crippen molar-refractivity contribution in [3.63, 3.8) is 0 Å². The molecule has 0 amide bonds. The van der Waals surface area contributed by atoms with Gasteiger partial charge in [-0.1, -0.05) is 0 Å². The molecule has 28 heavy (non-hydrogen) atoms. The molecular formula is C22H24N2O4. The van der Waals surface area contributed by atoms with E-state index in [4.69, 9.17) is 13.9 Å². The lowest BCUT2D eigenvalue weighted by molar-refractivity contribution is 0.313. The van der Waals surface area contributed by atoms with Crippen molar-refractivity contribution in [1.82, 2.24) is 4.90 Å². The van der Waals surface area contributed by atoms with E-state index in [2.05, 4.69) is 16.8 Å². The molecule has 0 bridgehead atoms. The molecule has 3 aromatic rings. The molecule has 0 aliphatic carbocycles. The van der Waals surface area contributed by atoms with E-state index in [1.54, 1.807) is 20.3 Å². The topological polar surface area (TPSA) is 55.2 Å². The van der Waals surface area contributed by atoms with Crippen LogP contribution in [0.1, 0.15) is 0 Å². The van der Waals surface area contributed by atoms with E-state index >= 15 is 0 Å². The summed E-state index contributed by atoms with van der Waals surface area (Å²) in [4.78, 5) is 17.4. The summed E-state index contributed by atoms with van der Waals surface area (Å²) in [7, 11) is 5.30. The van der Waals surface area contributed by atoms with Crippen molar-refractivity contribution in [2.24, 2.45) is 0 Å². The Kier molecular flexibility index (Phi) is 4.96. The fourth-order valence-electron chi connectivity index (χ4n) is 3.54. The summed E-state index contributed by atoms with van der Waals surface area (Å²) in [6.45, 7) is 3.95. The molecule has 1 saturated heterocycles. The number of piperazine rings is 1. The van der Waals surface area contributed by atoms with Gasteiger partial charge in [0.1, 0.15) is 11.3 Å². The molecule has 146 valence electrons. The Labute approximate surface area is 163 Å². The van der Waals surface area contributed by atoms with Gasteiger partial charge in [0, 0.05) is 43.5 Å². The van der Waals surface area contributed by atoms with Gasteiger partial charge in [-0.25, -0.2) is 0 Å². The maximum Gasteiger partial charge on any atom is 0.193 e. The Morgan fingerprint density at radius 2 is 1.64 bits per heavy atom. The van der Waals surface area contributed by atoms with Crippen LogP contribution in [0.5, 0.6) is 11.5 Å². The van der Waals surface area contributed by atoms with Gasteiger partial charge >= 0.3 is 0 Å². The van der Waals surface area contributed by atoms with Gasteiger partial charge in [-0.3, -0.25) is 4.79 Å². The number of fused-ring (bicyclic) bond motifs is 1. The highest BCUT2D eigenvalue weighted by atomic mass is 16.5. The molecule has 0 atom stereocenters. The van der Waals surface area contributed by atoms with Crippen LogP contribution in [0.25, 0.3) is 22.3 Å². The van der Waals surface area contributed by atoms with Crippen molar-refractivity contribution >= 4 is 16.7 Å². The number of hydrogen-bond donors (Lipinski definition) is 0. The number of likely N-dealkylation sites (N-methyl/N-ethyl adjacent to an activating group) is 1. The Morgan fingerprint density at radius 3 is 2.36 bits per heavy atom. The predicted octanol–water partition coefficient (Wildman–Crippen LogP) is 3.23. The molecule has 0 saturated carbocycles. The molecule has 0 N–H and O–H groups in total. The normalized spacial score (nSPS) is 15.0. The third kappa shape index (κ3) is 3.43. The Balaban J connectivity index is 1.71. The first-order valence-corrected chi connectivity index (χ1v) is 9.33. The number of ether oxygens (including phenoxy) is 2. The second kappa shape index (κ2) is 7.56. The van der Waals surface area contributed by atoms with E-state index in [1.807, 2.05) is 30.3 Å². The second-order valence-corrected chi connectivity index (χ2v) is 7.02. The van der Waals surface area contributed by atoms with E-state index in [1.165, 1.54) is 6.07 Å². The van der Waals surface area contributed by atoms with Gasteiger partial charge in [0.2, 0.25) is 0 Å². The molecule has 0 spiro atoms. The number of nitrogens with zero attached hydrogens (tertiary/aromatic N) is 2. The fourth-order valence-corrected chi connectivity index (χ4v) is 3.54. The Hall–Kier alpha value is -2.99. The molecule has 0 radical (unpaired) electrons. The molecule has 4 rings (SSSR count). The van der Waals surface area contributed by atoms with Gasteiger partial charge < -0.3 is 23.7 Å². The van der Waals surface area contributed by atoms with E-state index in [-0.39, 0.29) is 5.43 Å². The summed E-state index contributed by atoms with van der Waals surface area (Å²) < 4.78 is 16.7. The van der Waals surface area contributed by atoms with Gasteiger partial charge in [0.05, 0.1) is 19.6 Å². The SMILES string of the molecule is COc1ccc(-c2cc(=O)c3cc(N4CCN(C)CC4)ccc3o2)cc1OC. The zero-order valence-electron chi connectivity index (χ0n) is 16.4. The van der Waals surface area contributed by atoms with Crippen molar-refractivity contribution in [2.45, 2.75) is 0 Å². The zero-order valence-corrected chi connectivity index (χ0v) is 16.4. The van der Waals surface area contributed by atoms with Crippen LogP contribution >= 0.6 is 0 Å². The van der Waals surface area contributed by atoms with Gasteiger partial charge in [-0.2, -0.15) is 0 Å². The van der Waals surface area contributed by atoms with Crippen molar-refractivity contribution in [3.05, 3.63) is 52.7 Å². The molecule has 1 aliphatic rings. The number of rotatable bonds is 4. The Morgan fingerprint density at radius 1 is 0.893 bits per heavy atom. The highest BCUT2D eigenvalue weighted by Crippen LogP contribution is 2.33. The first-order chi connectivity index (χ1) is 13.6. The summed E-state index contributed by atoms with van der Waals surface area (Å²) in [5, 5.41) is 0.598. The van der Waals surface area contributed by atoms with Crippen molar-refractivity contribution in [1.29, 1.82) is 0 Å². The van der Waals surface area contributed by atoms with Crippen LogP contribution in [-0.4, -0.2) is 52.3 Å². The van der Waals surface area contributed by atoms with Crippen LogP contribution in [0.15, 0.2) is 51.7 Å². The number of methoxy groups -OCH3 is 2. The van der Waals surface area contributed by atoms with Crippen LogP contribution < -0.4 is 19.8 Å². The van der Waals surface area contributed by atoms with E-state index in [9.17, 15) is 4.79 Å². The highest BCUT2D eigenvalue weighted by Gasteiger charge is 2.16. The van der Waals surface area contributed by atoms with Crippen molar-refractivity contribution in [2.75, 3.05) is 52.3 Å². The van der Waals surface area contributed by atoms with E-state index in [0.717, 1.165) is 37.4 Å². The minimum Gasteiger partial charge on any atom is -0.493 e. The molecule has 1 aromatic heterocycles. The third-order valence-corrected chi connectivity index (χ3v) is 5.25. The molecule has 0 unspecified atom stereocenters. The predicted molar refractivity (Wildman–Crippen MR) is 111 cm³/mol. The largest absolute Gasteiger partial charge is 0.493 e. The molecule has 2 heterocycles. The van der Waals surface area contributed by atoms with E-state index < -0.39 is 0 Å². The molecule has 2 aromatic carbocycles. The first-order valence-electron chi connectivity index (χ1n) is 9.33. The maximum atomic E-state index is 12.8. The number of hydrogen-bond acceptors (Lipinski definition) is 6. The number of anilines is 1. The molecule has 1 aliphatic heterocycles. The molecule has 1 fully saturated rings. The average molecular weight is 380 g/mol. The van der Waals surface area contributed by atoms with Crippen molar-refractivity contribution < 1.29 is 13.9 Å². The smallest absolute Gasteiger partial charge is 0.193 e. The standard InChI is InChI=1S/C22H24N2O4/c1-23-8-10-24(11-9-23)16-5-7-19-17(13-16)18(25)14-21(28-19)15-4-6-20(26-2)22(12-15)27-3/h4-7,12-14H,8-11H2,1-3H3. The lowest BCUT2D eigenvalue weighted by Crippen LogP contribution is -2.44. The van der Waals surface area contributed by atoms with E-state index in [0.29, 0.717) is 28.2 Å². The minimum absolute atomic E-state index is 0.0537. The Bertz CT molecular complexity index is 1050. The summed E-state index contributed by atoms with van der Waals surface area (Å²) in [6, 6.07) is 12.8. The second-order valence-electron chi connectivity index (χ2n) is 7.02. The molecule has 6 nitrogen and oxygen atoms in total. The van der Waals surface area contributed by atoms with Crippen LogP contribution in [0.2, 0.25) is 0 Å². The molecule has 6 heteroatoms.